The normalized spacial score (nSPS) is 8.82. The third-order valence-electron chi connectivity index (χ3n) is 4.28. The maximum Gasteiger partial charge on any atom is 1.00 e. The van der Waals surface area contributed by atoms with E-state index >= 15 is 0 Å². The summed E-state index contributed by atoms with van der Waals surface area (Å²) in [5, 5.41) is 22.4. The fourth-order valence-corrected chi connectivity index (χ4v) is 1.62. The van der Waals surface area contributed by atoms with Gasteiger partial charge in [0, 0.05) is 78.5 Å². The van der Waals surface area contributed by atoms with Gasteiger partial charge >= 0.3 is 1.43 Å². The average molecular weight is 824 g/mol. The molecular formula is C38H95O17+. The Hall–Kier alpha value is -2.71. The number of methoxy groups -OCH3 is 6. The van der Waals surface area contributed by atoms with Gasteiger partial charge < -0.3 is 78.6 Å². The van der Waals surface area contributed by atoms with Gasteiger partial charge in [-0.05, 0) is 39.0 Å². The number of rotatable bonds is 18. The first-order valence-electron chi connectivity index (χ1n) is 17.6. The van der Waals surface area contributed by atoms with Gasteiger partial charge in [-0.1, -0.05) is 61.5 Å². The van der Waals surface area contributed by atoms with Crippen molar-refractivity contribution in [1.82, 2.24) is 0 Å². The van der Waals surface area contributed by atoms with Crippen molar-refractivity contribution in [2.75, 3.05) is 76.7 Å². The average Bonchev–Trinajstić information content (AvgIpc) is 3.22. The van der Waals surface area contributed by atoms with Gasteiger partial charge in [-0.2, -0.15) is 0 Å². The molecule has 0 aliphatic heterocycles. The van der Waals surface area contributed by atoms with Crippen LogP contribution in [0, 0.1) is 0 Å². The van der Waals surface area contributed by atoms with E-state index in [2.05, 4.69) is 21.1 Å². The summed E-state index contributed by atoms with van der Waals surface area (Å²) in [4.78, 5) is 46.7. The molecule has 0 fully saturated rings. The number of hydrogen-bond acceptors (Lipinski definition) is 15. The van der Waals surface area contributed by atoms with E-state index in [0.29, 0.717) is 32.3 Å². The number of ether oxygens (including phenoxy) is 7. The lowest BCUT2D eigenvalue weighted by Gasteiger charge is -2.08. The Labute approximate surface area is 340 Å². The van der Waals surface area contributed by atoms with Crippen LogP contribution in [0.4, 0.5) is 0 Å². The van der Waals surface area contributed by atoms with E-state index in [0.717, 1.165) is 78.1 Å². The van der Waals surface area contributed by atoms with E-state index in [1.54, 1.807) is 41.8 Å². The molecule has 7 N–H and O–H groups in total. The van der Waals surface area contributed by atoms with E-state index < -0.39 is 0 Å². The fraction of sp³-hybridized carbons (Fsp3) is 0.816. The zero-order valence-corrected chi connectivity index (χ0v) is 37.8. The third kappa shape index (κ3) is 195. The quantitative estimate of drug-likeness (QED) is 0.0727. The van der Waals surface area contributed by atoms with Gasteiger partial charge in [0.1, 0.15) is 31.2 Å². The van der Waals surface area contributed by atoms with Gasteiger partial charge in [0.25, 0.3) is 6.47 Å². The largest absolute Gasteiger partial charge is 1.00 e. The van der Waals surface area contributed by atoms with Crippen LogP contribution in [0.25, 0.3) is 0 Å². The van der Waals surface area contributed by atoms with Gasteiger partial charge in [-0.15, -0.1) is 0 Å². The molecule has 0 aromatic heterocycles. The topological polar surface area (TPSA) is 274 Å². The summed E-state index contributed by atoms with van der Waals surface area (Å²) in [6.45, 7) is 19.3. The van der Waals surface area contributed by atoms with Crippen molar-refractivity contribution in [3.05, 3.63) is 12.3 Å². The minimum atomic E-state index is -0.194. The summed E-state index contributed by atoms with van der Waals surface area (Å²) in [6, 6.07) is 0. The molecule has 0 spiro atoms. The number of carbonyl (C=O) groups excluding carboxylic acids is 5. The van der Waals surface area contributed by atoms with Crippen LogP contribution in [0.15, 0.2) is 12.3 Å². The molecular weight excluding hydrogens is 728 g/mol. The standard InChI is InChI=1S/2C5H12O2.C5H10O2.C4H8O2.C4H10O.C4H8O.3C3H6O.2CH4O.2H2O.2H2/c1-4-5(6-2)7-3;2*1-3-5(4-6)7-2;1-2-3-6-4-5;2*1-3-4-5-2;3*1-2-3-4;2*1-2;;;;/h5H,4H2,1-3H3;5-6H,3-4H2,1-2H3;4-5H,3H2,1-2H3;4H,2-3H2,1H3;3-4H2,1-2H3;3-4H,1-2H3;3*3H,2H2,1H3;2*2H,1H3;2*1H2;2*1H/p+1/b;;;;;4-3+;;;;;;;;;. The summed E-state index contributed by atoms with van der Waals surface area (Å²) >= 11 is 0. The first-order chi connectivity index (χ1) is 25.5. The van der Waals surface area contributed by atoms with Crippen LogP contribution in [0.3, 0.4) is 0 Å². The highest BCUT2D eigenvalue weighted by Crippen LogP contribution is 1.93. The Morgan fingerprint density at radius 3 is 1.00 bits per heavy atom. The van der Waals surface area contributed by atoms with E-state index in [1.807, 2.05) is 61.5 Å². The second-order valence-corrected chi connectivity index (χ2v) is 8.47. The molecule has 0 aromatic carbocycles. The van der Waals surface area contributed by atoms with Crippen LogP contribution < -0.4 is 0 Å². The zero-order chi connectivity index (χ0) is 44.4. The van der Waals surface area contributed by atoms with Crippen molar-refractivity contribution in [1.29, 1.82) is 0 Å². The predicted octanol–water partition coefficient (Wildman–Crippen LogP) is 4.77. The maximum absolute atomic E-state index is 9.84. The predicted molar refractivity (Wildman–Crippen MR) is 228 cm³/mol. The molecule has 0 rings (SSSR count). The molecule has 0 aromatic rings. The molecule has 0 heterocycles. The summed E-state index contributed by atoms with van der Waals surface area (Å²) in [5.41, 5.74) is 0. The fourth-order valence-electron chi connectivity index (χ4n) is 1.62. The molecule has 2 atom stereocenters. The minimum absolute atomic E-state index is 0. The van der Waals surface area contributed by atoms with Gasteiger partial charge in [0.15, 0.2) is 6.29 Å². The first-order valence-corrected chi connectivity index (χ1v) is 17.6. The number of allylic oxidation sites excluding steroid dienone is 1. The molecule has 0 radical (unpaired) electrons. The Bertz CT molecular complexity index is 518. The SMILES string of the molecule is C/C=C/OC.CCC(C=O)OC.CCC(CO)OC.CCC(OC)OC.CCC=O.CCC=O.CCC=O.CCCOC.CCCOC=O.CO.CO.O.O.[H+].[HH].[HH]. The van der Waals surface area contributed by atoms with Crippen LogP contribution in [-0.2, 0) is 57.1 Å². The molecule has 0 saturated carbocycles. The van der Waals surface area contributed by atoms with Crippen molar-refractivity contribution < 1.29 is 87.7 Å². The van der Waals surface area contributed by atoms with Crippen LogP contribution in [0.5, 0.6) is 0 Å². The molecule has 55 heavy (non-hydrogen) atoms. The molecule has 17 heteroatoms. The highest BCUT2D eigenvalue weighted by molar-refractivity contribution is 5.55. The number of aliphatic hydroxyl groups excluding tert-OH is 3. The summed E-state index contributed by atoms with van der Waals surface area (Å²) in [7, 11) is 11.7. The minimum Gasteiger partial charge on any atom is -0.505 e. The lowest BCUT2D eigenvalue weighted by Crippen LogP contribution is -2.13. The molecule has 0 amide bonds. The van der Waals surface area contributed by atoms with E-state index in [4.69, 9.17) is 34.3 Å². The zero-order valence-electron chi connectivity index (χ0n) is 38.8. The molecule has 348 valence electrons. The number of aliphatic hydroxyl groups is 3. The smallest absolute Gasteiger partial charge is 0.505 e. The molecule has 2 unspecified atom stereocenters. The Morgan fingerprint density at radius 1 is 0.600 bits per heavy atom. The van der Waals surface area contributed by atoms with Crippen LogP contribution in [-0.4, -0.2) is 153 Å². The van der Waals surface area contributed by atoms with Crippen molar-refractivity contribution in [3.8, 4) is 0 Å². The van der Waals surface area contributed by atoms with Crippen LogP contribution in [0.1, 0.15) is 118 Å². The monoisotopic (exact) mass is 824 g/mol. The van der Waals surface area contributed by atoms with Gasteiger partial charge in [0.2, 0.25) is 0 Å². The van der Waals surface area contributed by atoms with Crippen molar-refractivity contribution in [3.63, 3.8) is 0 Å². The van der Waals surface area contributed by atoms with Crippen molar-refractivity contribution in [2.24, 2.45) is 0 Å². The Kier molecular flexibility index (Phi) is 215. The molecule has 17 nitrogen and oxygen atoms in total. The van der Waals surface area contributed by atoms with E-state index in [1.165, 1.54) is 7.11 Å². The first kappa shape index (κ1) is 89.1. The molecule has 0 saturated heterocycles. The Morgan fingerprint density at radius 2 is 0.982 bits per heavy atom. The number of hydrogen-bond donors (Lipinski definition) is 3. The molecule has 0 aliphatic rings. The summed E-state index contributed by atoms with van der Waals surface area (Å²) < 4.78 is 32.6. The van der Waals surface area contributed by atoms with Gasteiger partial charge in [-0.3, -0.25) is 4.79 Å². The van der Waals surface area contributed by atoms with Crippen LogP contribution in [0.2, 0.25) is 0 Å². The van der Waals surface area contributed by atoms with E-state index in [9.17, 15) is 24.0 Å². The Balaban J connectivity index is -0.0000000241. The second kappa shape index (κ2) is 132. The molecule has 0 bridgehead atoms. The van der Waals surface area contributed by atoms with Gasteiger partial charge in [0.05, 0.1) is 32.7 Å². The maximum atomic E-state index is 9.84. The lowest BCUT2D eigenvalue weighted by molar-refractivity contribution is -0.128. The summed E-state index contributed by atoms with van der Waals surface area (Å²) in [6.07, 6.45) is 13.2. The summed E-state index contributed by atoms with van der Waals surface area (Å²) in [5.74, 6) is 0. The van der Waals surface area contributed by atoms with Crippen LogP contribution >= 0.6 is 0 Å². The van der Waals surface area contributed by atoms with Crippen molar-refractivity contribution >= 4 is 31.6 Å². The number of carbonyl (C=O) groups is 5. The lowest BCUT2D eigenvalue weighted by atomic mass is 10.3. The highest BCUT2D eigenvalue weighted by Gasteiger charge is 1.98. The highest BCUT2D eigenvalue weighted by atomic mass is 16.7. The third-order valence-corrected chi connectivity index (χ3v) is 4.28. The second-order valence-electron chi connectivity index (χ2n) is 8.47. The van der Waals surface area contributed by atoms with Crippen molar-refractivity contribution in [2.45, 2.75) is 132 Å². The van der Waals surface area contributed by atoms with E-state index in [-0.39, 0.29) is 40.3 Å². The number of aldehydes is 4. The van der Waals surface area contributed by atoms with Gasteiger partial charge in [-0.25, -0.2) is 0 Å². The molecule has 0 aliphatic carbocycles.